The zero-order valence-corrected chi connectivity index (χ0v) is 8.23. The van der Waals surface area contributed by atoms with Crippen molar-refractivity contribution in [3.05, 3.63) is 15.6 Å². The molecule has 1 aliphatic carbocycles. The molecule has 0 bridgehead atoms. The first kappa shape index (κ1) is 8.69. The quantitative estimate of drug-likeness (QED) is 0.788. The first-order valence-corrected chi connectivity index (χ1v) is 5.16. The maximum atomic E-state index is 10.5. The summed E-state index contributed by atoms with van der Waals surface area (Å²) in [5.41, 5.74) is 1.05. The van der Waals surface area contributed by atoms with E-state index in [9.17, 15) is 4.79 Å². The molecule has 0 aromatic carbocycles. The minimum atomic E-state index is -0.719. The highest BCUT2D eigenvalue weighted by molar-refractivity contribution is 7.11. The number of carboxylic acids is 1. The Morgan fingerprint density at radius 2 is 2.54 bits per heavy atom. The monoisotopic (exact) mass is 197 g/mol. The minimum absolute atomic E-state index is 0.164. The van der Waals surface area contributed by atoms with Gasteiger partial charge in [-0.15, -0.1) is 11.3 Å². The van der Waals surface area contributed by atoms with Gasteiger partial charge in [-0.3, -0.25) is 4.79 Å². The molecule has 13 heavy (non-hydrogen) atoms. The second kappa shape index (κ2) is 3.10. The van der Waals surface area contributed by atoms with Crippen LogP contribution in [-0.2, 0) is 11.2 Å². The van der Waals surface area contributed by atoms with Crippen LogP contribution in [0.5, 0.6) is 0 Å². The minimum Gasteiger partial charge on any atom is -0.481 e. The van der Waals surface area contributed by atoms with Crippen LogP contribution in [0.1, 0.15) is 34.3 Å². The smallest absolute Gasteiger partial charge is 0.304 e. The van der Waals surface area contributed by atoms with Crippen molar-refractivity contribution < 1.29 is 9.90 Å². The van der Waals surface area contributed by atoms with Crippen molar-refractivity contribution in [1.82, 2.24) is 4.98 Å². The standard InChI is InChI=1S/C9H11NO2S/c1-5-10-9-6(4-8(11)12)2-3-7(9)13-5/h6H,2-4H2,1H3,(H,11,12). The molecule has 1 aromatic heterocycles. The van der Waals surface area contributed by atoms with Gasteiger partial charge in [-0.25, -0.2) is 4.98 Å². The summed E-state index contributed by atoms with van der Waals surface area (Å²) in [6.45, 7) is 1.97. The van der Waals surface area contributed by atoms with Gasteiger partial charge >= 0.3 is 5.97 Å². The van der Waals surface area contributed by atoms with Crippen LogP contribution in [-0.4, -0.2) is 16.1 Å². The highest BCUT2D eigenvalue weighted by Crippen LogP contribution is 2.37. The number of rotatable bonds is 2. The van der Waals surface area contributed by atoms with E-state index in [1.807, 2.05) is 6.92 Å². The number of nitrogens with zero attached hydrogens (tertiary/aromatic N) is 1. The number of fused-ring (bicyclic) bond motifs is 1. The third kappa shape index (κ3) is 1.58. The van der Waals surface area contributed by atoms with E-state index in [0.29, 0.717) is 0 Å². The summed E-state index contributed by atoms with van der Waals surface area (Å²) in [7, 11) is 0. The van der Waals surface area contributed by atoms with Gasteiger partial charge in [0.2, 0.25) is 0 Å². The molecule has 0 aliphatic heterocycles. The van der Waals surface area contributed by atoms with E-state index in [-0.39, 0.29) is 12.3 Å². The Hall–Kier alpha value is -0.900. The Morgan fingerprint density at radius 1 is 1.77 bits per heavy atom. The Kier molecular flexibility index (Phi) is 2.07. The van der Waals surface area contributed by atoms with Crippen LogP contribution in [0.4, 0.5) is 0 Å². The maximum Gasteiger partial charge on any atom is 0.304 e. The Morgan fingerprint density at radius 3 is 3.23 bits per heavy atom. The first-order chi connectivity index (χ1) is 6.16. The summed E-state index contributed by atoms with van der Waals surface area (Å²) in [4.78, 5) is 16.2. The zero-order chi connectivity index (χ0) is 9.42. The van der Waals surface area contributed by atoms with Crippen LogP contribution < -0.4 is 0 Å². The molecule has 0 spiro atoms. The third-order valence-corrected chi connectivity index (χ3v) is 3.41. The number of hydrogen-bond donors (Lipinski definition) is 1. The topological polar surface area (TPSA) is 50.2 Å². The molecule has 0 radical (unpaired) electrons. The summed E-state index contributed by atoms with van der Waals surface area (Å²) in [6, 6.07) is 0. The van der Waals surface area contributed by atoms with Crippen LogP contribution in [0.25, 0.3) is 0 Å². The van der Waals surface area contributed by atoms with Gasteiger partial charge in [-0.1, -0.05) is 0 Å². The van der Waals surface area contributed by atoms with Crippen LogP contribution in [0.2, 0.25) is 0 Å². The lowest BCUT2D eigenvalue weighted by Gasteiger charge is -2.03. The third-order valence-electron chi connectivity index (χ3n) is 2.36. The molecule has 1 N–H and O–H groups in total. The Balaban J connectivity index is 2.22. The van der Waals surface area contributed by atoms with Gasteiger partial charge in [-0.05, 0) is 19.8 Å². The van der Waals surface area contributed by atoms with Gasteiger partial charge < -0.3 is 5.11 Å². The molecule has 70 valence electrons. The molecule has 0 saturated heterocycles. The first-order valence-electron chi connectivity index (χ1n) is 4.35. The van der Waals surface area contributed by atoms with Crippen LogP contribution in [0, 0.1) is 6.92 Å². The summed E-state index contributed by atoms with van der Waals surface area (Å²) < 4.78 is 0. The lowest BCUT2D eigenvalue weighted by Crippen LogP contribution is -2.03. The molecule has 2 rings (SSSR count). The van der Waals surface area contributed by atoms with Crippen LogP contribution in [0.3, 0.4) is 0 Å². The van der Waals surface area contributed by atoms with E-state index in [2.05, 4.69) is 4.98 Å². The summed E-state index contributed by atoms with van der Waals surface area (Å²) >= 11 is 1.70. The molecule has 1 heterocycles. The lowest BCUT2D eigenvalue weighted by atomic mass is 10.0. The van der Waals surface area contributed by atoms with Gasteiger partial charge in [0.25, 0.3) is 0 Å². The fraction of sp³-hybridized carbons (Fsp3) is 0.556. The van der Waals surface area contributed by atoms with Crippen molar-refractivity contribution in [3.8, 4) is 0 Å². The number of carboxylic acid groups (broad SMARTS) is 1. The highest BCUT2D eigenvalue weighted by atomic mass is 32.1. The summed E-state index contributed by atoms with van der Waals surface area (Å²) in [5, 5.41) is 9.74. The highest BCUT2D eigenvalue weighted by Gasteiger charge is 2.27. The van der Waals surface area contributed by atoms with E-state index in [0.717, 1.165) is 23.5 Å². The van der Waals surface area contributed by atoms with Gasteiger partial charge in [0, 0.05) is 10.8 Å². The van der Waals surface area contributed by atoms with E-state index < -0.39 is 5.97 Å². The normalized spacial score (nSPS) is 20.2. The largest absolute Gasteiger partial charge is 0.481 e. The lowest BCUT2D eigenvalue weighted by molar-refractivity contribution is -0.137. The van der Waals surface area contributed by atoms with Gasteiger partial charge in [0.1, 0.15) is 0 Å². The Labute approximate surface area is 80.4 Å². The molecule has 1 atom stereocenters. The fourth-order valence-corrected chi connectivity index (χ4v) is 2.87. The zero-order valence-electron chi connectivity index (χ0n) is 7.41. The molecule has 0 saturated carbocycles. The molecule has 1 unspecified atom stereocenters. The van der Waals surface area contributed by atoms with Gasteiger partial charge in [0.15, 0.2) is 0 Å². The Bertz CT molecular complexity index is 345. The van der Waals surface area contributed by atoms with Crippen LogP contribution >= 0.6 is 11.3 Å². The summed E-state index contributed by atoms with van der Waals surface area (Å²) in [6.07, 6.45) is 2.20. The number of aliphatic carboxylic acids is 1. The average molecular weight is 197 g/mol. The second-order valence-electron chi connectivity index (χ2n) is 3.37. The predicted molar refractivity (Wildman–Crippen MR) is 50.2 cm³/mol. The molecule has 4 heteroatoms. The molecule has 3 nitrogen and oxygen atoms in total. The molecule has 1 aliphatic rings. The van der Waals surface area contributed by atoms with Gasteiger partial charge in [0.05, 0.1) is 17.1 Å². The number of thiazole rings is 1. The van der Waals surface area contributed by atoms with Gasteiger partial charge in [-0.2, -0.15) is 0 Å². The van der Waals surface area contributed by atoms with Crippen molar-refractivity contribution in [1.29, 1.82) is 0 Å². The maximum absolute atomic E-state index is 10.5. The number of aryl methyl sites for hydroxylation is 2. The molecular formula is C9H11NO2S. The van der Waals surface area contributed by atoms with Crippen LogP contribution in [0.15, 0.2) is 0 Å². The van der Waals surface area contributed by atoms with E-state index >= 15 is 0 Å². The number of hydrogen-bond acceptors (Lipinski definition) is 3. The van der Waals surface area contributed by atoms with E-state index in [1.165, 1.54) is 4.88 Å². The second-order valence-corrected chi connectivity index (χ2v) is 4.66. The van der Waals surface area contributed by atoms with Crippen molar-refractivity contribution in [3.63, 3.8) is 0 Å². The van der Waals surface area contributed by atoms with E-state index in [4.69, 9.17) is 5.11 Å². The molecule has 0 fully saturated rings. The van der Waals surface area contributed by atoms with Crippen molar-refractivity contribution in [2.75, 3.05) is 0 Å². The van der Waals surface area contributed by atoms with Crippen molar-refractivity contribution >= 4 is 17.3 Å². The predicted octanol–water partition coefficient (Wildman–Crippen LogP) is 1.96. The van der Waals surface area contributed by atoms with Crippen molar-refractivity contribution in [2.24, 2.45) is 0 Å². The van der Waals surface area contributed by atoms with Crippen molar-refractivity contribution in [2.45, 2.75) is 32.1 Å². The SMILES string of the molecule is Cc1nc2c(s1)CCC2CC(=O)O. The fourth-order valence-electron chi connectivity index (χ4n) is 1.84. The number of carbonyl (C=O) groups is 1. The molecule has 0 amide bonds. The summed E-state index contributed by atoms with van der Waals surface area (Å²) in [5.74, 6) is -0.555. The average Bonchev–Trinajstić information content (AvgIpc) is 2.51. The van der Waals surface area contributed by atoms with E-state index in [1.54, 1.807) is 11.3 Å². The molecular weight excluding hydrogens is 186 g/mol. The molecule has 1 aromatic rings. The number of aromatic nitrogens is 1.